The lowest BCUT2D eigenvalue weighted by atomic mass is 9.97. The fourth-order valence-electron chi connectivity index (χ4n) is 4.21. The normalized spacial score (nSPS) is 17.5. The van der Waals surface area contributed by atoms with E-state index in [1.165, 1.54) is 6.07 Å². The molecule has 0 aliphatic carbocycles. The van der Waals surface area contributed by atoms with Gasteiger partial charge in [0.1, 0.15) is 0 Å². The van der Waals surface area contributed by atoms with E-state index in [4.69, 9.17) is 4.74 Å². The summed E-state index contributed by atoms with van der Waals surface area (Å²) in [7, 11) is 0. The van der Waals surface area contributed by atoms with Crippen molar-refractivity contribution in [2.45, 2.75) is 25.8 Å². The van der Waals surface area contributed by atoms with Gasteiger partial charge >= 0.3 is 0 Å². The SMILES string of the molecule is Cc1cn(-c2cccc(N3CC(C(=O)NC4COC4)C3)c2)c2ccc(C(C)(F)F)cc12. The summed E-state index contributed by atoms with van der Waals surface area (Å²) in [6.07, 6.45) is 1.98. The van der Waals surface area contributed by atoms with Crippen molar-refractivity contribution in [1.29, 1.82) is 0 Å². The topological polar surface area (TPSA) is 46.5 Å². The highest BCUT2D eigenvalue weighted by Gasteiger charge is 2.35. The molecule has 3 heterocycles. The number of alkyl halides is 2. The molecule has 1 aromatic heterocycles. The molecule has 2 saturated heterocycles. The molecular weight excluding hydrogens is 400 g/mol. The van der Waals surface area contributed by atoms with E-state index in [0.29, 0.717) is 26.3 Å². The van der Waals surface area contributed by atoms with Crippen LogP contribution in [0.4, 0.5) is 14.5 Å². The number of anilines is 1. The van der Waals surface area contributed by atoms with Crippen LogP contribution in [0.1, 0.15) is 18.1 Å². The quantitative estimate of drug-likeness (QED) is 0.672. The van der Waals surface area contributed by atoms with E-state index in [9.17, 15) is 13.6 Å². The second-order valence-corrected chi connectivity index (χ2v) is 8.67. The Morgan fingerprint density at radius 2 is 1.87 bits per heavy atom. The standard InChI is InChI=1S/C24H25F2N3O2/c1-15-10-29(22-7-6-17(8-21(15)22)24(2,25)26)20-5-3-4-19(9-20)28-11-16(12-28)23(30)27-18-13-31-14-18/h3-10,16,18H,11-14H2,1-2H3,(H,27,30). The van der Waals surface area contributed by atoms with Crippen LogP contribution in [0.15, 0.2) is 48.7 Å². The smallest absolute Gasteiger partial charge is 0.270 e. The number of halogens is 2. The minimum Gasteiger partial charge on any atom is -0.377 e. The predicted octanol–water partition coefficient (Wildman–Crippen LogP) is 4.00. The van der Waals surface area contributed by atoms with Crippen LogP contribution in [0, 0.1) is 12.8 Å². The summed E-state index contributed by atoms with van der Waals surface area (Å²) in [5.74, 6) is -2.78. The first-order valence-electron chi connectivity index (χ1n) is 10.5. The number of ether oxygens (including phenoxy) is 1. The van der Waals surface area contributed by atoms with Gasteiger partial charge < -0.3 is 19.5 Å². The van der Waals surface area contributed by atoms with E-state index in [1.54, 1.807) is 12.1 Å². The van der Waals surface area contributed by atoms with Crippen LogP contribution in [0.3, 0.4) is 0 Å². The van der Waals surface area contributed by atoms with E-state index in [2.05, 4.69) is 16.3 Å². The third-order valence-corrected chi connectivity index (χ3v) is 6.22. The van der Waals surface area contributed by atoms with Crippen LogP contribution in [0.2, 0.25) is 0 Å². The minimum absolute atomic E-state index is 0.00644. The van der Waals surface area contributed by atoms with Gasteiger partial charge in [-0.05, 0) is 42.8 Å². The summed E-state index contributed by atoms with van der Waals surface area (Å²) in [4.78, 5) is 14.5. The minimum atomic E-state index is -2.87. The zero-order chi connectivity index (χ0) is 21.8. The zero-order valence-corrected chi connectivity index (χ0v) is 17.6. The number of rotatable bonds is 5. The molecular formula is C24H25F2N3O2. The van der Waals surface area contributed by atoms with E-state index >= 15 is 0 Å². The molecule has 2 fully saturated rings. The Balaban J connectivity index is 1.36. The van der Waals surface area contributed by atoms with Gasteiger partial charge in [0.2, 0.25) is 5.91 Å². The number of benzene rings is 2. The monoisotopic (exact) mass is 425 g/mol. The van der Waals surface area contributed by atoms with Gasteiger partial charge in [0.05, 0.1) is 30.7 Å². The van der Waals surface area contributed by atoms with E-state index in [1.807, 2.05) is 35.9 Å². The van der Waals surface area contributed by atoms with Gasteiger partial charge in [0.25, 0.3) is 5.92 Å². The second-order valence-electron chi connectivity index (χ2n) is 8.67. The molecule has 3 aromatic rings. The number of carbonyl (C=O) groups excluding carboxylic acids is 1. The number of aromatic nitrogens is 1. The lowest BCUT2D eigenvalue weighted by Crippen LogP contribution is -2.58. The summed E-state index contributed by atoms with van der Waals surface area (Å²) < 4.78 is 34.7. The fraction of sp³-hybridized carbons (Fsp3) is 0.375. The van der Waals surface area contributed by atoms with Crippen molar-refractivity contribution in [3.05, 3.63) is 59.8 Å². The number of aryl methyl sites for hydroxylation is 1. The van der Waals surface area contributed by atoms with Crippen molar-refractivity contribution in [2.24, 2.45) is 5.92 Å². The van der Waals surface area contributed by atoms with Gasteiger partial charge in [-0.25, -0.2) is 8.78 Å². The summed E-state index contributed by atoms with van der Waals surface area (Å²) in [6, 6.07) is 13.1. The van der Waals surface area contributed by atoms with Crippen LogP contribution in [0.5, 0.6) is 0 Å². The molecule has 5 rings (SSSR count). The third kappa shape index (κ3) is 3.67. The molecule has 0 atom stereocenters. The van der Waals surface area contributed by atoms with Crippen LogP contribution in [0.25, 0.3) is 16.6 Å². The molecule has 2 aromatic carbocycles. The zero-order valence-electron chi connectivity index (χ0n) is 17.6. The average molecular weight is 425 g/mol. The fourth-order valence-corrected chi connectivity index (χ4v) is 4.21. The van der Waals surface area contributed by atoms with Gasteiger partial charge in [-0.15, -0.1) is 0 Å². The molecule has 0 unspecified atom stereocenters. The van der Waals surface area contributed by atoms with Gasteiger partial charge in [-0.3, -0.25) is 4.79 Å². The Labute approximate surface area is 179 Å². The molecule has 31 heavy (non-hydrogen) atoms. The highest BCUT2D eigenvalue weighted by Crippen LogP contribution is 2.33. The van der Waals surface area contributed by atoms with E-state index < -0.39 is 5.92 Å². The third-order valence-electron chi connectivity index (χ3n) is 6.22. The Kier molecular flexibility index (Phi) is 4.73. The Hall–Kier alpha value is -2.93. The van der Waals surface area contributed by atoms with Crippen molar-refractivity contribution in [1.82, 2.24) is 9.88 Å². The molecule has 162 valence electrons. The molecule has 0 radical (unpaired) electrons. The summed E-state index contributed by atoms with van der Waals surface area (Å²) in [5.41, 5.74) is 3.88. The summed E-state index contributed by atoms with van der Waals surface area (Å²) in [5, 5.41) is 3.84. The lowest BCUT2D eigenvalue weighted by Gasteiger charge is -2.41. The first kappa shape index (κ1) is 20.0. The van der Waals surface area contributed by atoms with Crippen LogP contribution in [-0.4, -0.2) is 42.8 Å². The number of fused-ring (bicyclic) bond motifs is 1. The Morgan fingerprint density at radius 3 is 2.55 bits per heavy atom. The van der Waals surface area contributed by atoms with E-state index in [0.717, 1.165) is 34.8 Å². The van der Waals surface area contributed by atoms with Crippen molar-refractivity contribution < 1.29 is 18.3 Å². The number of nitrogens with one attached hydrogen (secondary N) is 1. The number of amides is 1. The maximum Gasteiger partial charge on any atom is 0.270 e. The molecule has 7 heteroatoms. The molecule has 5 nitrogen and oxygen atoms in total. The highest BCUT2D eigenvalue weighted by atomic mass is 19.3. The van der Waals surface area contributed by atoms with Crippen LogP contribution < -0.4 is 10.2 Å². The second kappa shape index (κ2) is 7.34. The number of carbonyl (C=O) groups is 1. The first-order valence-corrected chi connectivity index (χ1v) is 10.5. The van der Waals surface area contributed by atoms with Crippen LogP contribution >= 0.6 is 0 Å². The summed E-state index contributed by atoms with van der Waals surface area (Å²) in [6.45, 7) is 5.43. The highest BCUT2D eigenvalue weighted by molar-refractivity contribution is 5.86. The Bertz CT molecular complexity index is 1140. The maximum absolute atomic E-state index is 13.8. The van der Waals surface area contributed by atoms with Crippen molar-refractivity contribution in [3.63, 3.8) is 0 Å². The predicted molar refractivity (Wildman–Crippen MR) is 116 cm³/mol. The van der Waals surface area contributed by atoms with Crippen molar-refractivity contribution >= 4 is 22.5 Å². The maximum atomic E-state index is 13.8. The van der Waals surface area contributed by atoms with Gasteiger partial charge in [0, 0.05) is 48.5 Å². The molecule has 2 aliphatic heterocycles. The number of nitrogens with zero attached hydrogens (tertiary/aromatic N) is 2. The largest absolute Gasteiger partial charge is 0.377 e. The molecule has 0 bridgehead atoms. The number of hydrogen-bond acceptors (Lipinski definition) is 3. The van der Waals surface area contributed by atoms with Gasteiger partial charge in [0.15, 0.2) is 0 Å². The first-order chi connectivity index (χ1) is 14.8. The van der Waals surface area contributed by atoms with Crippen LogP contribution in [-0.2, 0) is 15.5 Å². The summed E-state index contributed by atoms with van der Waals surface area (Å²) >= 11 is 0. The van der Waals surface area contributed by atoms with Gasteiger partial charge in [-0.2, -0.15) is 0 Å². The van der Waals surface area contributed by atoms with Gasteiger partial charge in [-0.1, -0.05) is 12.1 Å². The van der Waals surface area contributed by atoms with E-state index in [-0.39, 0.29) is 23.4 Å². The molecule has 2 aliphatic rings. The average Bonchev–Trinajstić information content (AvgIpc) is 2.99. The number of hydrogen-bond donors (Lipinski definition) is 1. The molecule has 0 spiro atoms. The molecule has 1 amide bonds. The van der Waals surface area contributed by atoms with Crippen molar-refractivity contribution in [2.75, 3.05) is 31.2 Å². The lowest BCUT2D eigenvalue weighted by molar-refractivity contribution is -0.129. The molecule has 1 N–H and O–H groups in total. The Morgan fingerprint density at radius 1 is 1.13 bits per heavy atom. The molecule has 0 saturated carbocycles. The van der Waals surface area contributed by atoms with Crippen molar-refractivity contribution in [3.8, 4) is 5.69 Å².